The number of ether oxygens (including phenoxy) is 1. The first-order valence-electron chi connectivity index (χ1n) is 8.33. The van der Waals surface area contributed by atoms with Crippen LogP contribution < -0.4 is 4.90 Å². The van der Waals surface area contributed by atoms with Crippen LogP contribution in [0.5, 0.6) is 0 Å². The topological polar surface area (TPSA) is 38.2 Å². The van der Waals surface area contributed by atoms with Crippen LogP contribution >= 0.6 is 11.3 Å². The first kappa shape index (κ1) is 15.5. The summed E-state index contributed by atoms with van der Waals surface area (Å²) in [6, 6.07) is 10.3. The lowest BCUT2D eigenvalue weighted by atomic mass is 9.95. The van der Waals surface area contributed by atoms with Gasteiger partial charge in [-0.05, 0) is 35.9 Å². The lowest BCUT2D eigenvalue weighted by molar-refractivity contribution is 0.0497. The van der Waals surface area contributed by atoms with Crippen LogP contribution in [-0.2, 0) is 4.74 Å². The van der Waals surface area contributed by atoms with Gasteiger partial charge in [-0.25, -0.2) is 9.97 Å². The van der Waals surface area contributed by atoms with Gasteiger partial charge in [0.2, 0.25) is 0 Å². The van der Waals surface area contributed by atoms with E-state index in [-0.39, 0.29) is 6.10 Å². The zero-order chi connectivity index (χ0) is 16.5. The molecule has 0 spiro atoms. The fraction of sp³-hybridized carbons (Fsp3) is 0.368. The lowest BCUT2D eigenvalue weighted by Crippen LogP contribution is -2.44. The Bertz CT molecular complexity index is 834. The first-order chi connectivity index (χ1) is 11.8. The second kappa shape index (κ2) is 6.49. The van der Waals surface area contributed by atoms with E-state index in [2.05, 4.69) is 46.8 Å². The number of para-hydroxylation sites is 1. The molecule has 1 aliphatic heterocycles. The number of methoxy groups -OCH3 is 1. The SMILES string of the molecule is COC1CN(c2nc(-c3ccsc3)nc3ccccc23)CCC1C. The molecule has 3 aromatic rings. The Balaban J connectivity index is 1.81. The summed E-state index contributed by atoms with van der Waals surface area (Å²) in [6.07, 6.45) is 1.36. The Morgan fingerprint density at radius 2 is 2.08 bits per heavy atom. The maximum absolute atomic E-state index is 5.69. The predicted octanol–water partition coefficient (Wildman–Crippen LogP) is 4.22. The van der Waals surface area contributed by atoms with E-state index < -0.39 is 0 Å². The molecule has 1 aromatic carbocycles. The highest BCUT2D eigenvalue weighted by Crippen LogP contribution is 2.31. The van der Waals surface area contributed by atoms with Gasteiger partial charge >= 0.3 is 0 Å². The summed E-state index contributed by atoms with van der Waals surface area (Å²) in [7, 11) is 1.81. The van der Waals surface area contributed by atoms with E-state index in [1.165, 1.54) is 0 Å². The number of hydrogen-bond acceptors (Lipinski definition) is 5. The highest BCUT2D eigenvalue weighted by atomic mass is 32.1. The van der Waals surface area contributed by atoms with Gasteiger partial charge in [0.1, 0.15) is 5.82 Å². The summed E-state index contributed by atoms with van der Waals surface area (Å²) in [5.41, 5.74) is 2.08. The molecule has 0 amide bonds. The Kier molecular flexibility index (Phi) is 4.21. The predicted molar refractivity (Wildman–Crippen MR) is 99.6 cm³/mol. The van der Waals surface area contributed by atoms with Gasteiger partial charge in [0.25, 0.3) is 0 Å². The molecule has 0 N–H and O–H groups in total. The number of aromatic nitrogens is 2. The molecule has 1 saturated heterocycles. The molecule has 3 heterocycles. The van der Waals surface area contributed by atoms with Crippen molar-refractivity contribution < 1.29 is 4.74 Å². The molecule has 0 radical (unpaired) electrons. The average Bonchev–Trinajstić information content (AvgIpc) is 3.16. The van der Waals surface area contributed by atoms with E-state index in [0.29, 0.717) is 5.92 Å². The molecule has 0 saturated carbocycles. The summed E-state index contributed by atoms with van der Waals surface area (Å²) in [5, 5.41) is 5.28. The number of rotatable bonds is 3. The van der Waals surface area contributed by atoms with E-state index in [9.17, 15) is 0 Å². The molecule has 2 atom stereocenters. The van der Waals surface area contributed by atoms with Crippen molar-refractivity contribution in [3.63, 3.8) is 0 Å². The van der Waals surface area contributed by atoms with E-state index in [1.54, 1.807) is 18.4 Å². The quantitative estimate of drug-likeness (QED) is 0.716. The van der Waals surface area contributed by atoms with Crippen molar-refractivity contribution in [1.82, 2.24) is 9.97 Å². The van der Waals surface area contributed by atoms with Crippen molar-refractivity contribution in [2.75, 3.05) is 25.1 Å². The summed E-state index contributed by atoms with van der Waals surface area (Å²) >= 11 is 1.67. The smallest absolute Gasteiger partial charge is 0.162 e. The summed E-state index contributed by atoms with van der Waals surface area (Å²) in [6.45, 7) is 4.15. The average molecular weight is 339 g/mol. The van der Waals surface area contributed by atoms with Crippen LogP contribution in [0.15, 0.2) is 41.1 Å². The van der Waals surface area contributed by atoms with Crippen LogP contribution in [0.2, 0.25) is 0 Å². The van der Waals surface area contributed by atoms with E-state index in [4.69, 9.17) is 14.7 Å². The van der Waals surface area contributed by atoms with Gasteiger partial charge in [-0.2, -0.15) is 11.3 Å². The van der Waals surface area contributed by atoms with E-state index >= 15 is 0 Å². The number of fused-ring (bicyclic) bond motifs is 1. The molecule has 124 valence electrons. The zero-order valence-corrected chi connectivity index (χ0v) is 14.8. The maximum Gasteiger partial charge on any atom is 0.162 e. The van der Waals surface area contributed by atoms with Crippen LogP contribution in [0.3, 0.4) is 0 Å². The van der Waals surface area contributed by atoms with Crippen molar-refractivity contribution in [3.8, 4) is 11.4 Å². The van der Waals surface area contributed by atoms with Crippen LogP contribution in [0.1, 0.15) is 13.3 Å². The third kappa shape index (κ3) is 2.78. The van der Waals surface area contributed by atoms with Crippen LogP contribution in [0, 0.1) is 5.92 Å². The largest absolute Gasteiger partial charge is 0.379 e. The Hall–Kier alpha value is -1.98. The van der Waals surface area contributed by atoms with Gasteiger partial charge in [-0.1, -0.05) is 19.1 Å². The molecular weight excluding hydrogens is 318 g/mol. The van der Waals surface area contributed by atoms with Crippen LogP contribution in [0.25, 0.3) is 22.3 Å². The fourth-order valence-electron chi connectivity index (χ4n) is 3.35. The summed E-state index contributed by atoms with van der Waals surface area (Å²) in [4.78, 5) is 12.0. The molecule has 24 heavy (non-hydrogen) atoms. The summed E-state index contributed by atoms with van der Waals surface area (Å²) in [5.74, 6) is 2.41. The minimum atomic E-state index is 0.247. The third-order valence-corrected chi connectivity index (χ3v) is 5.54. The van der Waals surface area contributed by atoms with Gasteiger partial charge in [-0.15, -0.1) is 0 Å². The summed E-state index contributed by atoms with van der Waals surface area (Å²) < 4.78 is 5.69. The molecule has 2 aromatic heterocycles. The first-order valence-corrected chi connectivity index (χ1v) is 9.27. The molecule has 4 nitrogen and oxygen atoms in total. The monoisotopic (exact) mass is 339 g/mol. The Morgan fingerprint density at radius 3 is 2.88 bits per heavy atom. The van der Waals surface area contributed by atoms with Gasteiger partial charge < -0.3 is 9.64 Å². The minimum absolute atomic E-state index is 0.247. The second-order valence-electron chi connectivity index (χ2n) is 6.39. The van der Waals surface area contributed by atoms with E-state index in [1.807, 2.05) is 6.07 Å². The van der Waals surface area contributed by atoms with Crippen LogP contribution in [-0.4, -0.2) is 36.3 Å². The number of benzene rings is 1. The lowest BCUT2D eigenvalue weighted by Gasteiger charge is -2.37. The second-order valence-corrected chi connectivity index (χ2v) is 7.17. The van der Waals surface area contributed by atoms with Gasteiger partial charge in [-0.3, -0.25) is 0 Å². The van der Waals surface area contributed by atoms with Crippen molar-refractivity contribution in [3.05, 3.63) is 41.1 Å². The van der Waals surface area contributed by atoms with Crippen molar-refractivity contribution in [2.45, 2.75) is 19.4 Å². The highest BCUT2D eigenvalue weighted by Gasteiger charge is 2.28. The molecular formula is C19H21N3OS. The minimum Gasteiger partial charge on any atom is -0.379 e. The highest BCUT2D eigenvalue weighted by molar-refractivity contribution is 7.08. The standard InChI is InChI=1S/C19H21N3OS/c1-13-7-9-22(11-17(13)23-2)19-15-5-3-4-6-16(15)20-18(21-19)14-8-10-24-12-14/h3-6,8,10,12-13,17H,7,9,11H2,1-2H3. The molecule has 2 unspecified atom stereocenters. The molecule has 0 bridgehead atoms. The third-order valence-electron chi connectivity index (χ3n) is 4.85. The molecule has 4 rings (SSSR count). The number of nitrogens with zero attached hydrogens (tertiary/aromatic N) is 3. The zero-order valence-electron chi connectivity index (χ0n) is 14.0. The van der Waals surface area contributed by atoms with Crippen molar-refractivity contribution in [1.29, 1.82) is 0 Å². The maximum atomic E-state index is 5.69. The van der Waals surface area contributed by atoms with Crippen LogP contribution in [0.4, 0.5) is 5.82 Å². The van der Waals surface area contributed by atoms with Crippen molar-refractivity contribution in [2.24, 2.45) is 5.92 Å². The number of anilines is 1. The normalized spacial score (nSPS) is 21.3. The Labute approximate surface area is 146 Å². The van der Waals surface area contributed by atoms with Gasteiger partial charge in [0.15, 0.2) is 5.82 Å². The molecule has 1 fully saturated rings. The Morgan fingerprint density at radius 1 is 1.21 bits per heavy atom. The van der Waals surface area contributed by atoms with Gasteiger partial charge in [0, 0.05) is 36.5 Å². The number of thiophene rings is 1. The molecule has 0 aliphatic carbocycles. The van der Waals surface area contributed by atoms with Gasteiger partial charge in [0.05, 0.1) is 11.6 Å². The number of piperidine rings is 1. The fourth-order valence-corrected chi connectivity index (χ4v) is 3.99. The van der Waals surface area contributed by atoms with Crippen molar-refractivity contribution >= 4 is 28.1 Å². The molecule has 5 heteroatoms. The number of hydrogen-bond donors (Lipinski definition) is 0. The van der Waals surface area contributed by atoms with E-state index in [0.717, 1.165) is 47.6 Å². The molecule has 1 aliphatic rings.